The molecule has 0 aliphatic carbocycles. The largest absolute Gasteiger partial charge is 0.334 e. The molecule has 148 valence electrons. The fraction of sp³-hybridized carbons (Fsp3) is 0.211. The molecule has 0 N–H and O–H groups in total. The Kier molecular flexibility index (Phi) is 5.59. The van der Waals surface area contributed by atoms with Crippen molar-refractivity contribution in [1.29, 1.82) is 0 Å². The molecule has 0 aliphatic rings. The minimum Gasteiger partial charge on any atom is -0.334 e. The van der Waals surface area contributed by atoms with Gasteiger partial charge in [0.2, 0.25) is 0 Å². The number of nitrogens with zero attached hydrogens (tertiary/aromatic N) is 6. The Morgan fingerprint density at radius 2 is 2.00 bits per heavy atom. The van der Waals surface area contributed by atoms with Crippen LogP contribution in [0.15, 0.2) is 52.4 Å². The van der Waals surface area contributed by atoms with Crippen molar-refractivity contribution in [3.05, 3.63) is 59.4 Å². The maximum atomic E-state index is 14.1. The normalized spacial score (nSPS) is 12.3. The summed E-state index contributed by atoms with van der Waals surface area (Å²) in [5.41, 5.74) is 1.11. The second-order valence-electron chi connectivity index (χ2n) is 6.13. The number of hydrogen-bond acceptors (Lipinski definition) is 7. The van der Waals surface area contributed by atoms with Crippen LogP contribution < -0.4 is 0 Å². The number of hydrogen-bond donors (Lipinski definition) is 0. The van der Waals surface area contributed by atoms with E-state index in [4.69, 9.17) is 16.1 Å². The first-order chi connectivity index (χ1) is 14.1. The van der Waals surface area contributed by atoms with Gasteiger partial charge in [-0.3, -0.25) is 4.98 Å². The van der Waals surface area contributed by atoms with Crippen molar-refractivity contribution in [2.75, 3.05) is 0 Å². The van der Waals surface area contributed by atoms with Crippen LogP contribution in [0, 0.1) is 5.82 Å². The van der Waals surface area contributed by atoms with Gasteiger partial charge in [0.05, 0.1) is 10.8 Å². The van der Waals surface area contributed by atoms with Crippen molar-refractivity contribution in [3.8, 4) is 22.8 Å². The first-order valence-corrected chi connectivity index (χ1v) is 10.1. The average Bonchev–Trinajstić information content (AvgIpc) is 3.37. The Morgan fingerprint density at radius 1 is 1.21 bits per heavy atom. The summed E-state index contributed by atoms with van der Waals surface area (Å²) in [5, 5.41) is 13.6. The van der Waals surface area contributed by atoms with Crippen molar-refractivity contribution in [2.24, 2.45) is 0 Å². The maximum Gasteiger partial charge on any atom is 0.260 e. The number of aromatic nitrogens is 6. The Bertz CT molecular complexity index is 1130. The fourth-order valence-corrected chi connectivity index (χ4v) is 3.88. The van der Waals surface area contributed by atoms with E-state index in [0.717, 1.165) is 16.5 Å². The van der Waals surface area contributed by atoms with Gasteiger partial charge in [0.15, 0.2) is 16.8 Å². The second-order valence-corrected chi connectivity index (χ2v) is 7.87. The van der Waals surface area contributed by atoms with E-state index in [2.05, 4.69) is 25.3 Å². The lowest BCUT2D eigenvalue weighted by Crippen LogP contribution is -2.01. The van der Waals surface area contributed by atoms with Gasteiger partial charge in [-0.25, -0.2) is 4.39 Å². The summed E-state index contributed by atoms with van der Waals surface area (Å²) >= 11 is 7.40. The van der Waals surface area contributed by atoms with Crippen molar-refractivity contribution < 1.29 is 8.91 Å². The predicted molar refractivity (Wildman–Crippen MR) is 108 cm³/mol. The van der Waals surface area contributed by atoms with Gasteiger partial charge in [-0.05, 0) is 44.2 Å². The van der Waals surface area contributed by atoms with E-state index >= 15 is 0 Å². The van der Waals surface area contributed by atoms with Crippen LogP contribution in [-0.4, -0.2) is 29.9 Å². The van der Waals surface area contributed by atoms with Crippen LogP contribution >= 0.6 is 23.4 Å². The van der Waals surface area contributed by atoms with Crippen LogP contribution in [0.4, 0.5) is 4.39 Å². The van der Waals surface area contributed by atoms with E-state index in [9.17, 15) is 4.39 Å². The van der Waals surface area contributed by atoms with E-state index in [-0.39, 0.29) is 16.7 Å². The third kappa shape index (κ3) is 4.01. The van der Waals surface area contributed by atoms with Gasteiger partial charge < -0.3 is 9.09 Å². The lowest BCUT2D eigenvalue weighted by Gasteiger charge is -2.09. The number of halogens is 2. The molecule has 1 aromatic carbocycles. The predicted octanol–water partition coefficient (Wildman–Crippen LogP) is 5.06. The van der Waals surface area contributed by atoms with Gasteiger partial charge >= 0.3 is 0 Å². The van der Waals surface area contributed by atoms with Crippen molar-refractivity contribution in [2.45, 2.75) is 30.8 Å². The standard InChI is InChI=1S/C19H16ClFN6OS/c1-3-27-17(12-6-8-22-9-7-12)24-25-19(27)29-11(2)16-23-18(28-26-16)14-10-13(20)4-5-15(14)21/h4-11H,3H2,1-2H3. The zero-order valence-corrected chi connectivity index (χ0v) is 17.2. The monoisotopic (exact) mass is 430 g/mol. The molecule has 1 atom stereocenters. The fourth-order valence-electron chi connectivity index (χ4n) is 2.76. The van der Waals surface area contributed by atoms with Crippen molar-refractivity contribution >= 4 is 23.4 Å². The molecule has 0 aliphatic heterocycles. The summed E-state index contributed by atoms with van der Waals surface area (Å²) in [4.78, 5) is 8.37. The van der Waals surface area contributed by atoms with Gasteiger partial charge in [-0.15, -0.1) is 10.2 Å². The van der Waals surface area contributed by atoms with Crippen LogP contribution in [0.25, 0.3) is 22.8 Å². The molecule has 0 radical (unpaired) electrons. The first kappa shape index (κ1) is 19.5. The molecule has 0 saturated carbocycles. The smallest absolute Gasteiger partial charge is 0.260 e. The van der Waals surface area contributed by atoms with Gasteiger partial charge in [-0.2, -0.15) is 4.98 Å². The van der Waals surface area contributed by atoms with Crippen LogP contribution in [0.3, 0.4) is 0 Å². The molecule has 7 nitrogen and oxygen atoms in total. The van der Waals surface area contributed by atoms with Crippen LogP contribution in [0.2, 0.25) is 5.02 Å². The van der Waals surface area contributed by atoms with E-state index < -0.39 is 5.82 Å². The molecule has 1 unspecified atom stereocenters. The molecule has 0 saturated heterocycles. The zero-order valence-electron chi connectivity index (χ0n) is 15.6. The molecule has 10 heteroatoms. The minimum absolute atomic E-state index is 0.0851. The maximum absolute atomic E-state index is 14.1. The Hall–Kier alpha value is -2.78. The summed E-state index contributed by atoms with van der Waals surface area (Å²) in [6.45, 7) is 4.65. The molecule has 3 heterocycles. The Balaban J connectivity index is 1.58. The quantitative estimate of drug-likeness (QED) is 0.395. The Labute approximate surface area is 175 Å². The van der Waals surface area contributed by atoms with Crippen LogP contribution in [-0.2, 0) is 6.54 Å². The summed E-state index contributed by atoms with van der Waals surface area (Å²) in [6.07, 6.45) is 3.44. The van der Waals surface area contributed by atoms with Crippen molar-refractivity contribution in [3.63, 3.8) is 0 Å². The molecular weight excluding hydrogens is 415 g/mol. The summed E-state index contributed by atoms with van der Waals surface area (Å²) in [7, 11) is 0. The highest BCUT2D eigenvalue weighted by Gasteiger charge is 2.22. The van der Waals surface area contributed by atoms with E-state index in [0.29, 0.717) is 17.4 Å². The summed E-state index contributed by atoms with van der Waals surface area (Å²) in [6, 6.07) is 7.97. The molecule has 3 aromatic heterocycles. The summed E-state index contributed by atoms with van der Waals surface area (Å²) in [5.74, 6) is 0.805. The Morgan fingerprint density at radius 3 is 2.76 bits per heavy atom. The molecular formula is C19H16ClFN6OS. The zero-order chi connectivity index (χ0) is 20.4. The highest BCUT2D eigenvalue weighted by atomic mass is 35.5. The topological polar surface area (TPSA) is 82.5 Å². The minimum atomic E-state index is -0.474. The van der Waals surface area contributed by atoms with Crippen molar-refractivity contribution in [1.82, 2.24) is 29.9 Å². The van der Waals surface area contributed by atoms with Gasteiger partial charge in [0, 0.05) is 29.5 Å². The molecule has 4 rings (SSSR count). The SMILES string of the molecule is CCn1c(SC(C)c2noc(-c3cc(Cl)ccc3F)n2)nnc1-c1ccncc1. The number of pyridine rings is 1. The molecule has 0 bridgehead atoms. The molecule has 0 fully saturated rings. The lowest BCUT2D eigenvalue weighted by molar-refractivity contribution is 0.420. The van der Waals surface area contributed by atoms with Gasteiger partial charge in [-0.1, -0.05) is 28.5 Å². The van der Waals surface area contributed by atoms with Crippen LogP contribution in [0.1, 0.15) is 24.9 Å². The van der Waals surface area contributed by atoms with E-state index in [1.807, 2.05) is 30.5 Å². The van der Waals surface area contributed by atoms with E-state index in [1.165, 1.54) is 30.0 Å². The lowest BCUT2D eigenvalue weighted by atomic mass is 10.2. The molecule has 29 heavy (non-hydrogen) atoms. The highest BCUT2D eigenvalue weighted by Crippen LogP contribution is 2.35. The number of thioether (sulfide) groups is 1. The summed E-state index contributed by atoms with van der Waals surface area (Å²) < 4.78 is 21.3. The first-order valence-electron chi connectivity index (χ1n) is 8.86. The van der Waals surface area contributed by atoms with E-state index in [1.54, 1.807) is 12.4 Å². The number of rotatable bonds is 6. The number of benzene rings is 1. The third-order valence-electron chi connectivity index (χ3n) is 4.22. The van der Waals surface area contributed by atoms with Gasteiger partial charge in [0.1, 0.15) is 5.82 Å². The molecule has 0 spiro atoms. The molecule has 0 amide bonds. The molecule has 4 aromatic rings. The van der Waals surface area contributed by atoms with Crippen LogP contribution in [0.5, 0.6) is 0 Å². The third-order valence-corrected chi connectivity index (χ3v) is 5.53. The highest BCUT2D eigenvalue weighted by molar-refractivity contribution is 7.99. The van der Waals surface area contributed by atoms with Gasteiger partial charge in [0.25, 0.3) is 5.89 Å². The second kappa shape index (κ2) is 8.30. The average molecular weight is 431 g/mol.